The van der Waals surface area contributed by atoms with Crippen LogP contribution >= 0.6 is 0 Å². The number of fused-ring (bicyclic) bond motifs is 1. The molecule has 0 aliphatic carbocycles. The molecule has 6 heteroatoms. The van der Waals surface area contributed by atoms with Crippen molar-refractivity contribution < 1.29 is 29.6 Å². The number of hydrogen-bond donors (Lipinski definition) is 3. The van der Waals surface area contributed by atoms with Crippen LogP contribution < -0.4 is 9.47 Å². The highest BCUT2D eigenvalue weighted by Crippen LogP contribution is 2.47. The van der Waals surface area contributed by atoms with Crippen molar-refractivity contribution in [2.45, 2.75) is 53.1 Å². The van der Waals surface area contributed by atoms with Crippen molar-refractivity contribution in [3.63, 3.8) is 0 Å². The lowest BCUT2D eigenvalue weighted by molar-refractivity contribution is 0.0841. The molecule has 0 bridgehead atoms. The van der Waals surface area contributed by atoms with E-state index in [0.29, 0.717) is 29.7 Å². The van der Waals surface area contributed by atoms with Crippen LogP contribution in [0.1, 0.15) is 67.3 Å². The van der Waals surface area contributed by atoms with Crippen LogP contribution in [0.2, 0.25) is 0 Å². The maximum absolute atomic E-state index is 13.1. The average molecular weight is 439 g/mol. The standard InChI is InChI=1S/C26H30O6/c1-14(2)6-8-17-16(10-11-19(27)25(17)31-5)23-13-22(30)24-21(29)12-20(28)18(26(24)32-23)9-7-15(3)4/h6-7,10-12,23,27-29H,8-9,13H2,1-5H3/t23-/m0/s1. The Morgan fingerprint density at radius 2 is 1.62 bits per heavy atom. The molecule has 1 aliphatic rings. The van der Waals surface area contributed by atoms with E-state index in [1.54, 1.807) is 6.07 Å². The molecule has 170 valence electrons. The molecule has 0 spiro atoms. The number of methoxy groups -OCH3 is 1. The molecule has 1 atom stereocenters. The number of carbonyl (C=O) groups is 1. The fraction of sp³-hybridized carbons (Fsp3) is 0.346. The van der Waals surface area contributed by atoms with Crippen molar-refractivity contribution >= 4 is 5.78 Å². The predicted molar refractivity (Wildman–Crippen MR) is 123 cm³/mol. The van der Waals surface area contributed by atoms with Crippen LogP contribution in [0.3, 0.4) is 0 Å². The van der Waals surface area contributed by atoms with Gasteiger partial charge in [0.25, 0.3) is 0 Å². The van der Waals surface area contributed by atoms with Crippen LogP contribution in [0.4, 0.5) is 0 Å². The van der Waals surface area contributed by atoms with Crippen molar-refractivity contribution in [1.29, 1.82) is 0 Å². The van der Waals surface area contributed by atoms with Crippen molar-refractivity contribution in [3.8, 4) is 28.7 Å². The summed E-state index contributed by atoms with van der Waals surface area (Å²) in [5.41, 5.74) is 4.14. The monoisotopic (exact) mass is 438 g/mol. The zero-order chi connectivity index (χ0) is 23.6. The summed E-state index contributed by atoms with van der Waals surface area (Å²) in [5, 5.41) is 31.1. The number of hydrogen-bond acceptors (Lipinski definition) is 6. The number of rotatable bonds is 6. The number of phenols is 3. The molecule has 1 heterocycles. The van der Waals surface area contributed by atoms with E-state index in [1.165, 1.54) is 19.2 Å². The van der Waals surface area contributed by atoms with Gasteiger partial charge in [-0.15, -0.1) is 0 Å². The van der Waals surface area contributed by atoms with Crippen molar-refractivity contribution in [1.82, 2.24) is 0 Å². The molecule has 0 unspecified atom stereocenters. The quantitative estimate of drug-likeness (QED) is 0.513. The third-order valence-electron chi connectivity index (χ3n) is 5.51. The second-order valence-corrected chi connectivity index (χ2v) is 8.49. The van der Waals surface area contributed by atoms with E-state index in [1.807, 2.05) is 39.8 Å². The number of ether oxygens (including phenoxy) is 2. The zero-order valence-corrected chi connectivity index (χ0v) is 19.2. The normalized spacial score (nSPS) is 14.9. The highest BCUT2D eigenvalue weighted by molar-refractivity contribution is 6.03. The van der Waals surface area contributed by atoms with E-state index in [0.717, 1.165) is 16.7 Å². The van der Waals surface area contributed by atoms with E-state index >= 15 is 0 Å². The van der Waals surface area contributed by atoms with Gasteiger partial charge in [0, 0.05) is 22.8 Å². The van der Waals surface area contributed by atoms with Gasteiger partial charge in [-0.3, -0.25) is 4.79 Å². The summed E-state index contributed by atoms with van der Waals surface area (Å²) in [4.78, 5) is 13.1. The molecule has 3 N–H and O–H groups in total. The highest BCUT2D eigenvalue weighted by atomic mass is 16.5. The molecule has 2 aromatic rings. The van der Waals surface area contributed by atoms with Crippen LogP contribution in [0, 0.1) is 0 Å². The summed E-state index contributed by atoms with van der Waals surface area (Å²) >= 11 is 0. The second kappa shape index (κ2) is 9.39. The van der Waals surface area contributed by atoms with Gasteiger partial charge in [-0.1, -0.05) is 29.4 Å². The number of ketones is 1. The molecular weight excluding hydrogens is 408 g/mol. The molecule has 3 rings (SSSR count). The third kappa shape index (κ3) is 4.59. The molecule has 0 amide bonds. The fourth-order valence-electron chi connectivity index (χ4n) is 3.88. The summed E-state index contributed by atoms with van der Waals surface area (Å²) in [5.74, 6) is -0.148. The van der Waals surface area contributed by atoms with E-state index in [4.69, 9.17) is 9.47 Å². The van der Waals surface area contributed by atoms with Gasteiger partial charge in [0.2, 0.25) is 0 Å². The summed E-state index contributed by atoms with van der Waals surface area (Å²) in [6.45, 7) is 7.84. The van der Waals surface area contributed by atoms with Crippen molar-refractivity contribution in [2.75, 3.05) is 7.11 Å². The highest BCUT2D eigenvalue weighted by Gasteiger charge is 2.35. The molecule has 6 nitrogen and oxygen atoms in total. The lowest BCUT2D eigenvalue weighted by atomic mass is 9.89. The minimum absolute atomic E-state index is 0.00970. The Morgan fingerprint density at radius 1 is 1.00 bits per heavy atom. The minimum atomic E-state index is -0.656. The smallest absolute Gasteiger partial charge is 0.174 e. The van der Waals surface area contributed by atoms with Gasteiger partial charge in [-0.2, -0.15) is 0 Å². The third-order valence-corrected chi connectivity index (χ3v) is 5.51. The van der Waals surface area contributed by atoms with E-state index in [2.05, 4.69) is 0 Å². The Hall–Kier alpha value is -3.41. The lowest BCUT2D eigenvalue weighted by Crippen LogP contribution is -2.23. The fourth-order valence-corrected chi connectivity index (χ4v) is 3.88. The first-order valence-electron chi connectivity index (χ1n) is 10.6. The first kappa shape index (κ1) is 23.3. The first-order chi connectivity index (χ1) is 15.1. The van der Waals surface area contributed by atoms with Crippen LogP contribution in [-0.2, 0) is 12.8 Å². The Balaban J connectivity index is 2.15. The summed E-state index contributed by atoms with van der Waals surface area (Å²) in [6, 6.07) is 4.44. The maximum atomic E-state index is 13.1. The van der Waals surface area contributed by atoms with Gasteiger partial charge >= 0.3 is 0 Å². The number of phenolic OH excluding ortho intramolecular Hbond substituents is 3. The van der Waals surface area contributed by atoms with Crippen LogP contribution in [0.25, 0.3) is 0 Å². The Bertz CT molecular complexity index is 1100. The molecule has 1 aliphatic heterocycles. The van der Waals surface area contributed by atoms with Gasteiger partial charge in [0.1, 0.15) is 28.9 Å². The lowest BCUT2D eigenvalue weighted by Gasteiger charge is -2.30. The van der Waals surface area contributed by atoms with Crippen molar-refractivity contribution in [2.24, 2.45) is 0 Å². The largest absolute Gasteiger partial charge is 0.507 e. The zero-order valence-electron chi connectivity index (χ0n) is 19.2. The van der Waals surface area contributed by atoms with Gasteiger partial charge in [-0.05, 0) is 46.6 Å². The Morgan fingerprint density at radius 3 is 2.22 bits per heavy atom. The Labute approximate surface area is 188 Å². The van der Waals surface area contributed by atoms with E-state index in [9.17, 15) is 20.1 Å². The van der Waals surface area contributed by atoms with E-state index < -0.39 is 6.10 Å². The molecule has 0 radical (unpaired) electrons. The molecule has 32 heavy (non-hydrogen) atoms. The van der Waals surface area contributed by atoms with Crippen molar-refractivity contribution in [3.05, 3.63) is 63.8 Å². The van der Waals surface area contributed by atoms with Gasteiger partial charge in [0.05, 0.1) is 13.5 Å². The molecule has 0 fully saturated rings. The number of benzene rings is 2. The number of Topliss-reactive ketones (excluding diaryl/α,β-unsaturated/α-hetero) is 1. The van der Waals surface area contributed by atoms with Gasteiger partial charge in [-0.25, -0.2) is 0 Å². The molecule has 0 saturated heterocycles. The number of aromatic hydroxyl groups is 3. The van der Waals surface area contributed by atoms with Crippen LogP contribution in [-0.4, -0.2) is 28.2 Å². The van der Waals surface area contributed by atoms with Gasteiger partial charge < -0.3 is 24.8 Å². The molecule has 0 aromatic heterocycles. The molecule has 0 saturated carbocycles. The molecule has 2 aromatic carbocycles. The molecular formula is C26H30O6. The van der Waals surface area contributed by atoms with Gasteiger partial charge in [0.15, 0.2) is 17.3 Å². The average Bonchev–Trinajstić information content (AvgIpc) is 2.71. The number of allylic oxidation sites excluding steroid dienone is 4. The van der Waals surface area contributed by atoms with E-state index in [-0.39, 0.29) is 40.8 Å². The minimum Gasteiger partial charge on any atom is -0.507 e. The SMILES string of the molecule is COc1c(O)ccc([C@@H]2CC(=O)c3c(O)cc(O)c(CC=C(C)C)c3O2)c1CC=C(C)C. The van der Waals surface area contributed by atoms with Crippen LogP contribution in [0.15, 0.2) is 41.5 Å². The summed E-state index contributed by atoms with van der Waals surface area (Å²) < 4.78 is 11.7. The Kier molecular flexibility index (Phi) is 6.82. The predicted octanol–water partition coefficient (Wildman–Crippen LogP) is 5.54. The summed E-state index contributed by atoms with van der Waals surface area (Å²) in [7, 11) is 1.49. The van der Waals surface area contributed by atoms with Crippen LogP contribution in [0.5, 0.6) is 28.7 Å². The topological polar surface area (TPSA) is 96.2 Å². The first-order valence-corrected chi connectivity index (χ1v) is 10.6. The number of carbonyl (C=O) groups excluding carboxylic acids is 1. The summed E-state index contributed by atoms with van der Waals surface area (Å²) in [6.07, 6.45) is 4.15. The maximum Gasteiger partial charge on any atom is 0.174 e. The second-order valence-electron chi connectivity index (χ2n) is 8.49.